The average molecular weight is 250 g/mol. The van der Waals surface area contributed by atoms with Gasteiger partial charge < -0.3 is 15.0 Å². The minimum Gasteiger partial charge on any atom is -0.481 e. The Balaban J connectivity index is 2.04. The van der Waals surface area contributed by atoms with Crippen LogP contribution in [0.2, 0.25) is 0 Å². The van der Waals surface area contributed by atoms with Crippen LogP contribution in [0.4, 0.5) is 5.82 Å². The fourth-order valence-electron chi connectivity index (χ4n) is 2.44. The van der Waals surface area contributed by atoms with Gasteiger partial charge in [-0.1, -0.05) is 6.92 Å². The van der Waals surface area contributed by atoms with Gasteiger partial charge in [0, 0.05) is 12.6 Å². The maximum Gasteiger partial charge on any atom is 0.221 e. The van der Waals surface area contributed by atoms with E-state index < -0.39 is 0 Å². The van der Waals surface area contributed by atoms with Crippen molar-refractivity contribution >= 4 is 5.82 Å². The molecular formula is C13H22N4O. The van der Waals surface area contributed by atoms with Crippen molar-refractivity contribution in [3.8, 4) is 5.88 Å². The van der Waals surface area contributed by atoms with E-state index in [-0.39, 0.29) is 0 Å². The lowest BCUT2D eigenvalue weighted by Gasteiger charge is -2.32. The van der Waals surface area contributed by atoms with Gasteiger partial charge in [0.25, 0.3) is 0 Å². The number of rotatable bonds is 4. The Morgan fingerprint density at radius 1 is 1.50 bits per heavy atom. The van der Waals surface area contributed by atoms with Crippen molar-refractivity contribution in [1.29, 1.82) is 0 Å². The van der Waals surface area contributed by atoms with Gasteiger partial charge >= 0.3 is 0 Å². The monoisotopic (exact) mass is 250 g/mol. The lowest BCUT2D eigenvalue weighted by Crippen LogP contribution is -2.42. The van der Waals surface area contributed by atoms with Crippen molar-refractivity contribution in [2.24, 2.45) is 0 Å². The number of hydrogen-bond acceptors (Lipinski definition) is 5. The topological polar surface area (TPSA) is 50.3 Å². The van der Waals surface area contributed by atoms with Crippen molar-refractivity contribution in [2.75, 3.05) is 32.1 Å². The second kappa shape index (κ2) is 6.00. The summed E-state index contributed by atoms with van der Waals surface area (Å²) in [6.45, 7) is 7.61. The van der Waals surface area contributed by atoms with Crippen LogP contribution >= 0.6 is 0 Å². The van der Waals surface area contributed by atoms with Crippen molar-refractivity contribution in [3.05, 3.63) is 11.9 Å². The lowest BCUT2D eigenvalue weighted by molar-refractivity contribution is 0.226. The van der Waals surface area contributed by atoms with E-state index in [1.165, 1.54) is 19.4 Å². The van der Waals surface area contributed by atoms with Gasteiger partial charge in [0.15, 0.2) is 0 Å². The third-order valence-electron chi connectivity index (χ3n) is 3.52. The molecule has 0 aliphatic carbocycles. The van der Waals surface area contributed by atoms with Crippen LogP contribution < -0.4 is 10.1 Å². The molecule has 0 aromatic carbocycles. The highest BCUT2D eigenvalue weighted by atomic mass is 16.5. The van der Waals surface area contributed by atoms with E-state index in [2.05, 4.69) is 27.1 Å². The molecule has 18 heavy (non-hydrogen) atoms. The molecule has 2 rings (SSSR count). The number of ether oxygens (including phenoxy) is 1. The molecule has 1 aromatic rings. The summed E-state index contributed by atoms with van der Waals surface area (Å²) in [5, 5.41) is 3.52. The lowest BCUT2D eigenvalue weighted by atomic mass is 10.1. The molecule has 1 aliphatic heterocycles. The Morgan fingerprint density at radius 2 is 2.33 bits per heavy atom. The Labute approximate surface area is 109 Å². The van der Waals surface area contributed by atoms with E-state index >= 15 is 0 Å². The van der Waals surface area contributed by atoms with E-state index in [1.54, 1.807) is 13.4 Å². The first-order valence-corrected chi connectivity index (χ1v) is 6.59. The minimum absolute atomic E-state index is 0.469. The van der Waals surface area contributed by atoms with Crippen molar-refractivity contribution in [3.63, 3.8) is 0 Å². The summed E-state index contributed by atoms with van der Waals surface area (Å²) in [5.74, 6) is 1.54. The molecule has 1 saturated heterocycles. The quantitative estimate of drug-likeness (QED) is 0.881. The fraction of sp³-hybridized carbons (Fsp3) is 0.692. The van der Waals surface area contributed by atoms with Crippen LogP contribution in [0.3, 0.4) is 0 Å². The molecular weight excluding hydrogens is 228 g/mol. The number of likely N-dealkylation sites (N-methyl/N-ethyl adjacent to an activating group) is 1. The number of hydrogen-bond donors (Lipinski definition) is 1. The van der Waals surface area contributed by atoms with Gasteiger partial charge in [-0.15, -0.1) is 0 Å². The summed E-state index contributed by atoms with van der Waals surface area (Å²) >= 11 is 0. The highest BCUT2D eigenvalue weighted by molar-refractivity contribution is 5.48. The van der Waals surface area contributed by atoms with Gasteiger partial charge in [-0.05, 0) is 32.9 Å². The van der Waals surface area contributed by atoms with Crippen LogP contribution in [0.15, 0.2) is 6.33 Å². The summed E-state index contributed by atoms with van der Waals surface area (Å²) in [6.07, 6.45) is 3.99. The molecule has 1 aliphatic rings. The summed E-state index contributed by atoms with van der Waals surface area (Å²) < 4.78 is 5.22. The third kappa shape index (κ3) is 2.90. The molecule has 2 heterocycles. The van der Waals surface area contributed by atoms with Crippen LogP contribution in [-0.2, 0) is 0 Å². The molecule has 0 amide bonds. The Bertz CT molecular complexity index is 397. The van der Waals surface area contributed by atoms with Gasteiger partial charge in [0.05, 0.1) is 12.7 Å². The third-order valence-corrected chi connectivity index (χ3v) is 3.52. The number of piperidine rings is 1. The maximum absolute atomic E-state index is 5.22. The molecule has 5 heteroatoms. The van der Waals surface area contributed by atoms with E-state index in [1.807, 2.05) is 6.92 Å². The summed E-state index contributed by atoms with van der Waals surface area (Å²) in [4.78, 5) is 10.9. The van der Waals surface area contributed by atoms with Crippen LogP contribution in [0, 0.1) is 6.92 Å². The van der Waals surface area contributed by atoms with E-state index in [9.17, 15) is 0 Å². The highest BCUT2D eigenvalue weighted by Gasteiger charge is 2.20. The number of nitrogens with one attached hydrogen (secondary N) is 1. The van der Waals surface area contributed by atoms with Gasteiger partial charge in [0.1, 0.15) is 12.1 Å². The number of aromatic nitrogens is 2. The van der Waals surface area contributed by atoms with Gasteiger partial charge in [0.2, 0.25) is 5.88 Å². The Hall–Kier alpha value is -1.36. The first kappa shape index (κ1) is 13.1. The van der Waals surface area contributed by atoms with Crippen LogP contribution in [0.1, 0.15) is 25.3 Å². The Kier molecular flexibility index (Phi) is 4.36. The number of anilines is 1. The molecule has 0 bridgehead atoms. The standard InChI is InChI=1S/C13H22N4O/c1-4-17-7-5-6-11(8-17)16-12-10(2)13(18-3)15-9-14-12/h9,11H,4-8H2,1-3H3,(H,14,15,16). The van der Waals surface area contributed by atoms with E-state index in [0.717, 1.165) is 24.5 Å². The maximum atomic E-state index is 5.22. The van der Waals surface area contributed by atoms with Crippen LogP contribution in [0.25, 0.3) is 0 Å². The predicted octanol–water partition coefficient (Wildman–Crippen LogP) is 1.69. The zero-order chi connectivity index (χ0) is 13.0. The van der Waals surface area contributed by atoms with Crippen molar-refractivity contribution < 1.29 is 4.74 Å². The van der Waals surface area contributed by atoms with Crippen molar-refractivity contribution in [1.82, 2.24) is 14.9 Å². The molecule has 1 atom stereocenters. The van der Waals surface area contributed by atoms with E-state index in [4.69, 9.17) is 4.74 Å². The van der Waals surface area contributed by atoms with Gasteiger partial charge in [-0.2, -0.15) is 0 Å². The number of nitrogens with zero attached hydrogens (tertiary/aromatic N) is 3. The molecule has 1 unspecified atom stereocenters. The number of methoxy groups -OCH3 is 1. The fourth-order valence-corrected chi connectivity index (χ4v) is 2.44. The normalized spacial score (nSPS) is 20.7. The average Bonchev–Trinajstić information content (AvgIpc) is 2.41. The molecule has 1 N–H and O–H groups in total. The zero-order valence-corrected chi connectivity index (χ0v) is 11.4. The van der Waals surface area contributed by atoms with Gasteiger partial charge in [-0.25, -0.2) is 9.97 Å². The first-order valence-electron chi connectivity index (χ1n) is 6.59. The molecule has 0 saturated carbocycles. The predicted molar refractivity (Wildman–Crippen MR) is 72.1 cm³/mol. The van der Waals surface area contributed by atoms with Crippen LogP contribution in [0.5, 0.6) is 5.88 Å². The molecule has 0 spiro atoms. The summed E-state index contributed by atoms with van der Waals surface area (Å²) in [5.41, 5.74) is 0.980. The smallest absolute Gasteiger partial charge is 0.221 e. The molecule has 1 fully saturated rings. The number of likely N-dealkylation sites (tertiary alicyclic amines) is 1. The Morgan fingerprint density at radius 3 is 3.06 bits per heavy atom. The molecule has 0 radical (unpaired) electrons. The van der Waals surface area contributed by atoms with Gasteiger partial charge in [-0.3, -0.25) is 0 Å². The second-order valence-corrected chi connectivity index (χ2v) is 4.73. The summed E-state index contributed by atoms with van der Waals surface area (Å²) in [6, 6.07) is 0.469. The van der Waals surface area contributed by atoms with E-state index in [0.29, 0.717) is 11.9 Å². The van der Waals surface area contributed by atoms with Crippen LogP contribution in [-0.4, -0.2) is 47.7 Å². The van der Waals surface area contributed by atoms with Crippen molar-refractivity contribution in [2.45, 2.75) is 32.7 Å². The molecule has 100 valence electrons. The molecule has 1 aromatic heterocycles. The SMILES string of the molecule is CCN1CCCC(Nc2ncnc(OC)c2C)C1. The summed E-state index contributed by atoms with van der Waals surface area (Å²) in [7, 11) is 1.64. The second-order valence-electron chi connectivity index (χ2n) is 4.73. The zero-order valence-electron chi connectivity index (χ0n) is 11.4. The largest absolute Gasteiger partial charge is 0.481 e. The minimum atomic E-state index is 0.469. The highest BCUT2D eigenvalue weighted by Crippen LogP contribution is 2.22. The molecule has 5 nitrogen and oxygen atoms in total. The first-order chi connectivity index (χ1) is 8.74.